The van der Waals surface area contributed by atoms with Crippen molar-refractivity contribution < 1.29 is 4.74 Å². The first-order chi connectivity index (χ1) is 9.58. The van der Waals surface area contributed by atoms with Crippen molar-refractivity contribution in [2.45, 2.75) is 26.4 Å². The molecule has 0 radical (unpaired) electrons. The van der Waals surface area contributed by atoms with Crippen LogP contribution in [0, 0.1) is 12.8 Å². The lowest BCUT2D eigenvalue weighted by molar-refractivity contribution is 0.0497. The average molecular weight is 312 g/mol. The quantitative estimate of drug-likeness (QED) is 0.795. The highest BCUT2D eigenvalue weighted by atomic mass is 35.5. The molecule has 3 rings (SSSR count). The van der Waals surface area contributed by atoms with Crippen LogP contribution in [0.3, 0.4) is 0 Å². The summed E-state index contributed by atoms with van der Waals surface area (Å²) in [7, 11) is 1.78. The summed E-state index contributed by atoms with van der Waals surface area (Å²) in [5.74, 6) is 1.52. The Morgan fingerprint density at radius 3 is 3.00 bits per heavy atom. The van der Waals surface area contributed by atoms with Gasteiger partial charge in [0.25, 0.3) is 0 Å². The maximum absolute atomic E-state index is 6.08. The normalized spacial score (nSPS) is 23.5. The second kappa shape index (κ2) is 5.47. The van der Waals surface area contributed by atoms with Crippen molar-refractivity contribution in [2.75, 3.05) is 25.1 Å². The van der Waals surface area contributed by atoms with Crippen LogP contribution in [0.5, 0.6) is 0 Å². The number of fused-ring (bicyclic) bond motifs is 1. The summed E-state index contributed by atoms with van der Waals surface area (Å²) in [4.78, 5) is 13.2. The molecular weight excluding hydrogens is 294 g/mol. The molecule has 0 N–H and O–H groups in total. The number of anilines is 1. The summed E-state index contributed by atoms with van der Waals surface area (Å²) in [5.41, 5.74) is 0. The van der Waals surface area contributed by atoms with Gasteiger partial charge < -0.3 is 9.64 Å². The topological polar surface area (TPSA) is 38.2 Å². The van der Waals surface area contributed by atoms with Gasteiger partial charge in [-0.3, -0.25) is 0 Å². The molecule has 108 valence electrons. The number of hydrogen-bond donors (Lipinski definition) is 0. The third-order valence-corrected chi connectivity index (χ3v) is 5.07. The molecule has 2 aromatic heterocycles. The molecule has 0 amide bonds. The van der Waals surface area contributed by atoms with E-state index in [4.69, 9.17) is 16.3 Å². The lowest BCUT2D eigenvalue weighted by atomic mass is 9.96. The Kier molecular flexibility index (Phi) is 3.84. The number of methoxy groups -OCH3 is 1. The second-order valence-corrected chi connectivity index (χ2v) is 6.95. The standard InChI is InChI=1S/C14H18ClN3OS/c1-8-4-5-18(7-11(8)19-3)12-10-6-9(2)20-13(10)17-14(15)16-12/h6,8,11H,4-5,7H2,1-3H3. The lowest BCUT2D eigenvalue weighted by Gasteiger charge is -2.37. The number of thiophene rings is 1. The van der Waals surface area contributed by atoms with Crippen LogP contribution in [0.4, 0.5) is 5.82 Å². The molecule has 1 aliphatic rings. The fraction of sp³-hybridized carbons (Fsp3) is 0.571. The van der Waals surface area contributed by atoms with Crippen molar-refractivity contribution in [3.05, 3.63) is 16.2 Å². The number of hydrogen-bond acceptors (Lipinski definition) is 5. The van der Waals surface area contributed by atoms with Crippen LogP contribution in [0.25, 0.3) is 10.2 Å². The molecule has 3 heterocycles. The first-order valence-corrected chi connectivity index (χ1v) is 7.99. The van der Waals surface area contributed by atoms with E-state index in [-0.39, 0.29) is 6.10 Å². The number of halogens is 1. The van der Waals surface area contributed by atoms with Gasteiger partial charge in [0.2, 0.25) is 5.28 Å². The van der Waals surface area contributed by atoms with E-state index in [1.165, 1.54) is 4.88 Å². The van der Waals surface area contributed by atoms with Gasteiger partial charge in [-0.25, -0.2) is 4.98 Å². The number of aromatic nitrogens is 2. The Hall–Kier alpha value is -0.910. The zero-order valence-electron chi connectivity index (χ0n) is 11.9. The summed E-state index contributed by atoms with van der Waals surface area (Å²) in [6.45, 7) is 6.16. The highest BCUT2D eigenvalue weighted by Crippen LogP contribution is 2.33. The minimum absolute atomic E-state index is 0.243. The van der Waals surface area contributed by atoms with Crippen LogP contribution in [0.15, 0.2) is 6.07 Å². The van der Waals surface area contributed by atoms with E-state index in [0.29, 0.717) is 11.2 Å². The fourth-order valence-corrected chi connectivity index (χ4v) is 3.86. The van der Waals surface area contributed by atoms with Crippen LogP contribution >= 0.6 is 22.9 Å². The van der Waals surface area contributed by atoms with Crippen molar-refractivity contribution >= 4 is 39.0 Å². The molecule has 0 saturated carbocycles. The summed E-state index contributed by atoms with van der Waals surface area (Å²) in [6, 6.07) is 2.14. The Labute approximate surface area is 127 Å². The van der Waals surface area contributed by atoms with Gasteiger partial charge in [-0.05, 0) is 36.9 Å². The number of rotatable bonds is 2. The first kappa shape index (κ1) is 14.0. The van der Waals surface area contributed by atoms with Crippen LogP contribution in [-0.4, -0.2) is 36.3 Å². The lowest BCUT2D eigenvalue weighted by Crippen LogP contribution is -2.44. The van der Waals surface area contributed by atoms with E-state index in [9.17, 15) is 0 Å². The SMILES string of the molecule is COC1CN(c2nc(Cl)nc3sc(C)cc23)CCC1C. The summed E-state index contributed by atoms with van der Waals surface area (Å²) < 4.78 is 5.59. The number of ether oxygens (including phenoxy) is 1. The average Bonchev–Trinajstić information content (AvgIpc) is 2.78. The van der Waals surface area contributed by atoms with Gasteiger partial charge in [-0.15, -0.1) is 11.3 Å². The third kappa shape index (κ3) is 2.50. The van der Waals surface area contributed by atoms with E-state index in [2.05, 4.69) is 34.8 Å². The van der Waals surface area contributed by atoms with Gasteiger partial charge >= 0.3 is 0 Å². The molecule has 0 spiro atoms. The Morgan fingerprint density at radius 1 is 1.45 bits per heavy atom. The van der Waals surface area contributed by atoms with Gasteiger partial charge in [-0.2, -0.15) is 4.98 Å². The molecule has 0 bridgehead atoms. The molecule has 0 aliphatic carbocycles. The van der Waals surface area contributed by atoms with Crippen molar-refractivity contribution in [3.8, 4) is 0 Å². The summed E-state index contributed by atoms with van der Waals surface area (Å²) in [6.07, 6.45) is 1.34. The van der Waals surface area contributed by atoms with Gasteiger partial charge in [0.1, 0.15) is 10.6 Å². The van der Waals surface area contributed by atoms with E-state index in [0.717, 1.165) is 35.5 Å². The molecule has 1 aliphatic heterocycles. The van der Waals surface area contributed by atoms with Crippen LogP contribution in [0.2, 0.25) is 5.28 Å². The predicted molar refractivity (Wildman–Crippen MR) is 84.0 cm³/mol. The highest BCUT2D eigenvalue weighted by molar-refractivity contribution is 7.18. The van der Waals surface area contributed by atoms with Crippen molar-refractivity contribution in [2.24, 2.45) is 5.92 Å². The molecule has 20 heavy (non-hydrogen) atoms. The Morgan fingerprint density at radius 2 is 2.25 bits per heavy atom. The number of aryl methyl sites for hydroxylation is 1. The molecule has 0 aromatic carbocycles. The minimum atomic E-state index is 0.243. The third-order valence-electron chi connectivity index (χ3n) is 3.96. The zero-order valence-corrected chi connectivity index (χ0v) is 13.5. The van der Waals surface area contributed by atoms with Crippen LogP contribution < -0.4 is 4.90 Å². The van der Waals surface area contributed by atoms with Crippen molar-refractivity contribution in [1.29, 1.82) is 0 Å². The molecule has 2 aromatic rings. The predicted octanol–water partition coefficient (Wildman–Crippen LogP) is 3.51. The van der Waals surface area contributed by atoms with Crippen LogP contribution in [0.1, 0.15) is 18.2 Å². The van der Waals surface area contributed by atoms with E-state index in [1.54, 1.807) is 18.4 Å². The summed E-state index contributed by atoms with van der Waals surface area (Å²) in [5, 5.41) is 1.42. The molecule has 4 nitrogen and oxygen atoms in total. The maximum Gasteiger partial charge on any atom is 0.225 e. The Bertz CT molecular complexity index is 630. The molecule has 2 unspecified atom stereocenters. The maximum atomic E-state index is 6.08. The molecular formula is C14H18ClN3OS. The molecule has 6 heteroatoms. The minimum Gasteiger partial charge on any atom is -0.379 e. The molecule has 1 fully saturated rings. The fourth-order valence-electron chi connectivity index (χ4n) is 2.78. The highest BCUT2D eigenvalue weighted by Gasteiger charge is 2.28. The van der Waals surface area contributed by atoms with Gasteiger partial charge in [0.15, 0.2) is 0 Å². The Balaban J connectivity index is 2.01. The van der Waals surface area contributed by atoms with E-state index < -0.39 is 0 Å². The number of nitrogens with zero attached hydrogens (tertiary/aromatic N) is 3. The van der Waals surface area contributed by atoms with Gasteiger partial charge in [0.05, 0.1) is 11.5 Å². The summed E-state index contributed by atoms with van der Waals surface area (Å²) >= 11 is 7.74. The molecule has 2 atom stereocenters. The van der Waals surface area contributed by atoms with Crippen molar-refractivity contribution in [3.63, 3.8) is 0 Å². The van der Waals surface area contributed by atoms with E-state index in [1.807, 2.05) is 0 Å². The van der Waals surface area contributed by atoms with Gasteiger partial charge in [-0.1, -0.05) is 6.92 Å². The monoisotopic (exact) mass is 311 g/mol. The molecule has 1 saturated heterocycles. The van der Waals surface area contributed by atoms with Crippen molar-refractivity contribution in [1.82, 2.24) is 9.97 Å². The van der Waals surface area contributed by atoms with E-state index >= 15 is 0 Å². The van der Waals surface area contributed by atoms with Gasteiger partial charge in [0, 0.05) is 25.1 Å². The smallest absolute Gasteiger partial charge is 0.225 e. The zero-order chi connectivity index (χ0) is 14.3. The van der Waals surface area contributed by atoms with Crippen LogP contribution in [-0.2, 0) is 4.74 Å². The largest absolute Gasteiger partial charge is 0.379 e. The first-order valence-electron chi connectivity index (χ1n) is 6.80. The second-order valence-electron chi connectivity index (χ2n) is 5.38. The number of piperidine rings is 1.